The molecule has 0 aliphatic heterocycles. The molecule has 0 radical (unpaired) electrons. The Morgan fingerprint density at radius 3 is 0.559 bits per heavy atom. The fourth-order valence-electron chi connectivity index (χ4n) is 15.1. The van der Waals surface area contributed by atoms with Crippen LogP contribution in [0.1, 0.15) is 11.1 Å². The van der Waals surface area contributed by atoms with Gasteiger partial charge >= 0.3 is 0 Å². The minimum absolute atomic E-state index is 1.21. The zero-order valence-electron chi connectivity index (χ0n) is 57.1. The largest absolute Gasteiger partial charge is 0.0622 e. The van der Waals surface area contributed by atoms with Crippen LogP contribution in [0.15, 0.2) is 400 Å². The Kier molecular flexibility index (Phi) is 17.0. The molecule has 0 atom stereocenters. The molecule has 0 amide bonds. The average molecular weight is 1300 g/mol. The quantitative estimate of drug-likeness (QED) is 0.107. The Labute approximate surface area is 598 Å². The van der Waals surface area contributed by atoms with Crippen molar-refractivity contribution in [1.29, 1.82) is 0 Å². The second-order valence-corrected chi connectivity index (χ2v) is 26.8. The molecule has 102 heavy (non-hydrogen) atoms. The first kappa shape index (κ1) is 62.5. The molecule has 480 valence electrons. The molecule has 0 spiro atoms. The van der Waals surface area contributed by atoms with Gasteiger partial charge in [-0.3, -0.25) is 0 Å². The van der Waals surface area contributed by atoms with E-state index in [0.29, 0.717) is 0 Å². The summed E-state index contributed by atoms with van der Waals surface area (Å²) in [6, 6.07) is 146. The van der Waals surface area contributed by atoms with Gasteiger partial charge in [0.05, 0.1) is 0 Å². The molecule has 0 nitrogen and oxygen atoms in total. The topological polar surface area (TPSA) is 0 Å². The number of hydrogen-bond donors (Lipinski definition) is 0. The van der Waals surface area contributed by atoms with Gasteiger partial charge in [-0.15, -0.1) is 0 Å². The van der Waals surface area contributed by atoms with Gasteiger partial charge in [-0.2, -0.15) is 0 Å². The van der Waals surface area contributed by atoms with Crippen LogP contribution in [0.3, 0.4) is 0 Å². The second-order valence-electron chi connectivity index (χ2n) is 26.8. The van der Waals surface area contributed by atoms with Gasteiger partial charge in [-0.1, -0.05) is 399 Å². The average Bonchev–Trinajstić information content (AvgIpc) is 0.738. The van der Waals surface area contributed by atoms with Crippen molar-refractivity contribution in [2.45, 2.75) is 13.8 Å². The molecule has 0 aromatic heterocycles. The maximum absolute atomic E-state index is 2.37. The number of benzene rings is 18. The standard InChI is InChI=1S/2C51H36/c1-35-22-31-48-49(32-35)51(45-19-11-17-43(34-45)41-29-25-39(26-30-41)37-14-6-3-7-15-37)47-21-9-8-20-46(47)50(48)44-18-10-16-42(33-44)40-27-23-38(24-28-40)36-12-4-2-5-13-36;1-35-16-33-48-49(34-35)51(45-31-27-43(28-32-45)41-23-19-39(20-24-41)37-12-6-3-7-13-37)47-15-9-8-14-46(47)50(48)44-29-25-42(26-30-44)40-21-17-38(18-22-40)36-10-4-2-5-11-36/h2*2-34H,1H3. The van der Waals surface area contributed by atoms with E-state index < -0.39 is 0 Å². The van der Waals surface area contributed by atoms with E-state index >= 15 is 0 Å². The first-order valence-corrected chi connectivity index (χ1v) is 35.3. The highest BCUT2D eigenvalue weighted by Gasteiger charge is 2.21. The molecule has 0 heteroatoms. The van der Waals surface area contributed by atoms with Crippen molar-refractivity contribution in [3.8, 4) is 134 Å². The summed E-state index contributed by atoms with van der Waals surface area (Å²) in [5, 5.41) is 10.2. The molecule has 0 unspecified atom stereocenters. The Bertz CT molecular complexity index is 6020. The van der Waals surface area contributed by atoms with E-state index in [1.54, 1.807) is 0 Å². The molecular weight excluding hydrogens is 1230 g/mol. The summed E-state index contributed by atoms with van der Waals surface area (Å²) >= 11 is 0. The molecule has 0 N–H and O–H groups in total. The predicted octanol–water partition coefficient (Wildman–Crippen LogP) is 28.6. The van der Waals surface area contributed by atoms with Crippen molar-refractivity contribution in [2.75, 3.05) is 0 Å². The zero-order valence-corrected chi connectivity index (χ0v) is 57.1. The van der Waals surface area contributed by atoms with E-state index in [1.807, 2.05) is 0 Å². The van der Waals surface area contributed by atoms with Gasteiger partial charge in [0.15, 0.2) is 0 Å². The van der Waals surface area contributed by atoms with Gasteiger partial charge in [0.2, 0.25) is 0 Å². The summed E-state index contributed by atoms with van der Waals surface area (Å²) in [5.74, 6) is 0. The molecule has 0 heterocycles. The summed E-state index contributed by atoms with van der Waals surface area (Å²) in [5.41, 5.74) is 32.1. The van der Waals surface area contributed by atoms with E-state index in [4.69, 9.17) is 0 Å². The molecule has 18 rings (SSSR count). The normalized spacial score (nSPS) is 11.2. The molecule has 0 aliphatic carbocycles. The van der Waals surface area contributed by atoms with E-state index in [0.717, 1.165) is 0 Å². The Hall–Kier alpha value is -13.0. The maximum atomic E-state index is 2.37. The van der Waals surface area contributed by atoms with Gasteiger partial charge in [0, 0.05) is 0 Å². The lowest BCUT2D eigenvalue weighted by Crippen LogP contribution is -1.92. The van der Waals surface area contributed by atoms with Crippen molar-refractivity contribution in [1.82, 2.24) is 0 Å². The number of hydrogen-bond acceptors (Lipinski definition) is 0. The van der Waals surface area contributed by atoms with Crippen LogP contribution >= 0.6 is 0 Å². The fourth-order valence-corrected chi connectivity index (χ4v) is 15.1. The van der Waals surface area contributed by atoms with Crippen molar-refractivity contribution < 1.29 is 0 Å². The molecule has 0 saturated heterocycles. The zero-order chi connectivity index (χ0) is 68.3. The second kappa shape index (κ2) is 27.7. The minimum atomic E-state index is 1.21. The molecule has 0 bridgehead atoms. The van der Waals surface area contributed by atoms with Crippen molar-refractivity contribution in [3.63, 3.8) is 0 Å². The van der Waals surface area contributed by atoms with Crippen LogP contribution in [0.25, 0.3) is 177 Å². The van der Waals surface area contributed by atoms with E-state index in [2.05, 4.69) is 414 Å². The molecule has 0 fully saturated rings. The van der Waals surface area contributed by atoms with Crippen molar-refractivity contribution in [2.24, 2.45) is 0 Å². The lowest BCUT2D eigenvalue weighted by molar-refractivity contribution is 1.50. The molecule has 18 aromatic carbocycles. The van der Waals surface area contributed by atoms with Crippen LogP contribution in [0.5, 0.6) is 0 Å². The van der Waals surface area contributed by atoms with Crippen LogP contribution in [0, 0.1) is 13.8 Å². The molecule has 18 aromatic rings. The highest BCUT2D eigenvalue weighted by molar-refractivity contribution is 6.23. The molecule has 0 saturated carbocycles. The summed E-state index contributed by atoms with van der Waals surface area (Å²) in [7, 11) is 0. The van der Waals surface area contributed by atoms with E-state index in [1.165, 1.54) is 188 Å². The summed E-state index contributed by atoms with van der Waals surface area (Å²) in [6.07, 6.45) is 0. The first-order valence-electron chi connectivity index (χ1n) is 35.3. The monoisotopic (exact) mass is 1300 g/mol. The first-order chi connectivity index (χ1) is 50.4. The van der Waals surface area contributed by atoms with Gasteiger partial charge in [-0.05, 0) is 203 Å². The van der Waals surface area contributed by atoms with Crippen LogP contribution in [0.4, 0.5) is 0 Å². The third kappa shape index (κ3) is 12.5. The molecule has 0 aliphatic rings. The van der Waals surface area contributed by atoms with Gasteiger partial charge < -0.3 is 0 Å². The Morgan fingerprint density at radius 1 is 0.108 bits per heavy atom. The Balaban J connectivity index is 0.000000152. The maximum Gasteiger partial charge on any atom is -0.00261 e. The van der Waals surface area contributed by atoms with Gasteiger partial charge in [0.25, 0.3) is 0 Å². The smallest absolute Gasteiger partial charge is 0.00261 e. The minimum Gasteiger partial charge on any atom is -0.0622 e. The Morgan fingerprint density at radius 2 is 0.284 bits per heavy atom. The lowest BCUT2D eigenvalue weighted by Gasteiger charge is -2.19. The van der Waals surface area contributed by atoms with Crippen molar-refractivity contribution >= 4 is 43.1 Å². The number of fused-ring (bicyclic) bond motifs is 4. The van der Waals surface area contributed by atoms with E-state index in [-0.39, 0.29) is 0 Å². The van der Waals surface area contributed by atoms with Gasteiger partial charge in [0.1, 0.15) is 0 Å². The highest BCUT2D eigenvalue weighted by Crippen LogP contribution is 2.48. The molecular formula is C102H72. The SMILES string of the molecule is Cc1ccc2c(-c3ccc(-c4ccc(-c5ccccc5)cc4)cc3)c3ccccc3c(-c3ccc(-c4ccc(-c5ccccc5)cc4)cc3)c2c1.Cc1ccc2c(-c3cccc(-c4ccc(-c5ccccc5)cc4)c3)c3ccccc3c(-c3cccc(-c4ccc(-c5ccccc5)cc4)c3)c2c1. The van der Waals surface area contributed by atoms with Crippen LogP contribution < -0.4 is 0 Å². The summed E-state index contributed by atoms with van der Waals surface area (Å²) in [6.45, 7) is 4.39. The third-order valence-corrected chi connectivity index (χ3v) is 20.3. The fraction of sp³-hybridized carbons (Fsp3) is 0.0196. The lowest BCUT2D eigenvalue weighted by atomic mass is 9.84. The predicted molar refractivity (Wildman–Crippen MR) is 438 cm³/mol. The summed E-state index contributed by atoms with van der Waals surface area (Å²) in [4.78, 5) is 0. The van der Waals surface area contributed by atoms with E-state index in [9.17, 15) is 0 Å². The van der Waals surface area contributed by atoms with Crippen LogP contribution in [-0.4, -0.2) is 0 Å². The summed E-state index contributed by atoms with van der Waals surface area (Å²) < 4.78 is 0. The van der Waals surface area contributed by atoms with Gasteiger partial charge in [-0.25, -0.2) is 0 Å². The van der Waals surface area contributed by atoms with Crippen LogP contribution in [0.2, 0.25) is 0 Å². The van der Waals surface area contributed by atoms with Crippen molar-refractivity contribution in [3.05, 3.63) is 412 Å². The highest BCUT2D eigenvalue weighted by atomic mass is 14.2. The number of aryl methyl sites for hydroxylation is 2. The van der Waals surface area contributed by atoms with Crippen LogP contribution in [-0.2, 0) is 0 Å². The number of rotatable bonds is 12. The third-order valence-electron chi connectivity index (χ3n) is 20.3.